The molecule has 0 radical (unpaired) electrons. The molecule has 6 nitrogen and oxygen atoms in total. The smallest absolute Gasteiger partial charge is 0.328 e. The van der Waals surface area contributed by atoms with Crippen molar-refractivity contribution in [2.24, 2.45) is 0 Å². The molecule has 0 heterocycles. The van der Waals surface area contributed by atoms with Crippen LogP contribution in [0.25, 0.3) is 0 Å². The summed E-state index contributed by atoms with van der Waals surface area (Å²) in [5, 5.41) is 8.63. The predicted octanol–water partition coefficient (Wildman–Crippen LogP) is 2.12. The zero-order chi connectivity index (χ0) is 15.1. The third-order valence-electron chi connectivity index (χ3n) is 2.47. The fourth-order valence-electron chi connectivity index (χ4n) is 1.59. The van der Waals surface area contributed by atoms with Crippen LogP contribution in [0.3, 0.4) is 0 Å². The van der Waals surface area contributed by atoms with Crippen LogP contribution in [0.15, 0.2) is 23.8 Å². The van der Waals surface area contributed by atoms with Gasteiger partial charge in [0.05, 0.1) is 21.3 Å². The first kappa shape index (κ1) is 15.7. The van der Waals surface area contributed by atoms with Gasteiger partial charge in [0, 0.05) is 18.2 Å². The van der Waals surface area contributed by atoms with Crippen molar-refractivity contribution in [2.75, 3.05) is 27.9 Å². The number of aliphatic carboxylic acids is 1. The van der Waals surface area contributed by atoms with Crippen LogP contribution in [0.2, 0.25) is 0 Å². The van der Waals surface area contributed by atoms with Gasteiger partial charge in [-0.15, -0.1) is 0 Å². The topological polar surface area (TPSA) is 74.2 Å². The number of hydrogen-bond donors (Lipinski definition) is 1. The summed E-state index contributed by atoms with van der Waals surface area (Å²) < 4.78 is 21.1. The molecule has 20 heavy (non-hydrogen) atoms. The zero-order valence-electron chi connectivity index (χ0n) is 11.9. The standard InChI is InChI=1S/C14H18O6/c1-9(5-13(15)16)8-20-10-6-11(17-2)14(19-4)12(7-10)18-3/h5-7H,8H2,1-4H3,(H,15,16)/b9-5+. The summed E-state index contributed by atoms with van der Waals surface area (Å²) in [5.74, 6) is 0.914. The second-order valence-electron chi connectivity index (χ2n) is 3.98. The molecule has 0 atom stereocenters. The van der Waals surface area contributed by atoms with Crippen molar-refractivity contribution < 1.29 is 28.8 Å². The fourth-order valence-corrected chi connectivity index (χ4v) is 1.59. The summed E-state index contributed by atoms with van der Waals surface area (Å²) in [6, 6.07) is 3.30. The lowest BCUT2D eigenvalue weighted by Gasteiger charge is -2.14. The third kappa shape index (κ3) is 4.08. The number of ether oxygens (including phenoxy) is 4. The SMILES string of the molecule is COc1cc(OC/C(C)=C/C(=O)O)cc(OC)c1OC. The van der Waals surface area contributed by atoms with Crippen LogP contribution in [-0.2, 0) is 4.79 Å². The molecule has 0 aromatic heterocycles. The Morgan fingerprint density at radius 3 is 2.10 bits per heavy atom. The number of rotatable bonds is 7. The van der Waals surface area contributed by atoms with E-state index in [1.165, 1.54) is 21.3 Å². The van der Waals surface area contributed by atoms with E-state index in [0.717, 1.165) is 6.08 Å². The molecule has 1 N–H and O–H groups in total. The Morgan fingerprint density at radius 1 is 1.15 bits per heavy atom. The highest BCUT2D eigenvalue weighted by atomic mass is 16.5. The van der Waals surface area contributed by atoms with E-state index in [1.54, 1.807) is 19.1 Å². The molecule has 0 bridgehead atoms. The lowest BCUT2D eigenvalue weighted by Crippen LogP contribution is -2.02. The second kappa shape index (κ2) is 7.28. The maximum atomic E-state index is 10.5. The first-order valence-corrected chi connectivity index (χ1v) is 5.84. The highest BCUT2D eigenvalue weighted by Crippen LogP contribution is 2.40. The molecule has 0 saturated heterocycles. The van der Waals surface area contributed by atoms with Crippen LogP contribution in [-0.4, -0.2) is 39.0 Å². The molecular weight excluding hydrogens is 264 g/mol. The maximum absolute atomic E-state index is 10.5. The Balaban J connectivity index is 2.94. The van der Waals surface area contributed by atoms with Gasteiger partial charge in [-0.25, -0.2) is 4.79 Å². The molecule has 6 heteroatoms. The van der Waals surface area contributed by atoms with Crippen molar-refractivity contribution in [3.05, 3.63) is 23.8 Å². The molecule has 1 aromatic carbocycles. The molecule has 110 valence electrons. The lowest BCUT2D eigenvalue weighted by atomic mass is 10.2. The number of hydrogen-bond acceptors (Lipinski definition) is 5. The summed E-state index contributed by atoms with van der Waals surface area (Å²) in [5.41, 5.74) is 0.589. The van der Waals surface area contributed by atoms with E-state index in [9.17, 15) is 4.79 Å². The molecule has 0 aliphatic carbocycles. The molecule has 0 spiro atoms. The first-order valence-electron chi connectivity index (χ1n) is 5.84. The molecule has 0 aliphatic rings. The summed E-state index contributed by atoms with van der Waals surface area (Å²) in [6.45, 7) is 1.83. The van der Waals surface area contributed by atoms with Crippen molar-refractivity contribution in [2.45, 2.75) is 6.92 Å². The largest absolute Gasteiger partial charge is 0.493 e. The van der Waals surface area contributed by atoms with Gasteiger partial charge in [-0.2, -0.15) is 0 Å². The van der Waals surface area contributed by atoms with Crippen molar-refractivity contribution >= 4 is 5.97 Å². The van der Waals surface area contributed by atoms with E-state index >= 15 is 0 Å². The van der Waals surface area contributed by atoms with E-state index in [2.05, 4.69) is 0 Å². The van der Waals surface area contributed by atoms with Crippen LogP contribution < -0.4 is 18.9 Å². The summed E-state index contributed by atoms with van der Waals surface area (Å²) in [4.78, 5) is 10.5. The minimum Gasteiger partial charge on any atom is -0.493 e. The quantitative estimate of drug-likeness (QED) is 0.772. The summed E-state index contributed by atoms with van der Waals surface area (Å²) in [6.07, 6.45) is 1.10. The summed E-state index contributed by atoms with van der Waals surface area (Å²) >= 11 is 0. The van der Waals surface area contributed by atoms with Gasteiger partial charge in [-0.3, -0.25) is 0 Å². The first-order chi connectivity index (χ1) is 9.51. The third-order valence-corrected chi connectivity index (χ3v) is 2.47. The predicted molar refractivity (Wildman–Crippen MR) is 73.0 cm³/mol. The fraction of sp³-hybridized carbons (Fsp3) is 0.357. The Bertz CT molecular complexity index is 481. The Labute approximate surface area is 117 Å². The van der Waals surface area contributed by atoms with Crippen molar-refractivity contribution in [1.29, 1.82) is 0 Å². The van der Waals surface area contributed by atoms with E-state index in [4.69, 9.17) is 24.1 Å². The minimum absolute atomic E-state index is 0.158. The van der Waals surface area contributed by atoms with E-state index in [1.807, 2.05) is 0 Å². The Kier molecular flexibility index (Phi) is 5.71. The van der Waals surface area contributed by atoms with Crippen LogP contribution >= 0.6 is 0 Å². The van der Waals surface area contributed by atoms with Crippen LogP contribution in [0, 0.1) is 0 Å². The van der Waals surface area contributed by atoms with Gasteiger partial charge in [-0.05, 0) is 12.5 Å². The van der Waals surface area contributed by atoms with Gasteiger partial charge >= 0.3 is 5.97 Å². The minimum atomic E-state index is -1.00. The highest BCUT2D eigenvalue weighted by Gasteiger charge is 2.13. The van der Waals surface area contributed by atoms with Crippen LogP contribution in [0.5, 0.6) is 23.0 Å². The number of carbonyl (C=O) groups is 1. The Morgan fingerprint density at radius 2 is 1.70 bits per heavy atom. The monoisotopic (exact) mass is 282 g/mol. The van der Waals surface area contributed by atoms with Gasteiger partial charge in [0.25, 0.3) is 0 Å². The normalized spacial score (nSPS) is 10.9. The number of methoxy groups -OCH3 is 3. The molecule has 0 amide bonds. The number of carboxylic acid groups (broad SMARTS) is 1. The van der Waals surface area contributed by atoms with Crippen molar-refractivity contribution in [3.63, 3.8) is 0 Å². The second-order valence-corrected chi connectivity index (χ2v) is 3.98. The molecule has 0 unspecified atom stereocenters. The average molecular weight is 282 g/mol. The average Bonchev–Trinajstić information content (AvgIpc) is 2.42. The molecule has 1 aromatic rings. The summed E-state index contributed by atoms with van der Waals surface area (Å²) in [7, 11) is 4.54. The Hall–Kier alpha value is -2.37. The number of carboxylic acids is 1. The highest BCUT2D eigenvalue weighted by molar-refractivity contribution is 5.80. The molecular formula is C14H18O6. The molecule has 1 rings (SSSR count). The zero-order valence-corrected chi connectivity index (χ0v) is 11.9. The van der Waals surface area contributed by atoms with Crippen LogP contribution in [0.4, 0.5) is 0 Å². The van der Waals surface area contributed by atoms with Gasteiger partial charge in [-0.1, -0.05) is 0 Å². The van der Waals surface area contributed by atoms with Crippen molar-refractivity contribution in [1.82, 2.24) is 0 Å². The number of benzene rings is 1. The van der Waals surface area contributed by atoms with E-state index in [-0.39, 0.29) is 6.61 Å². The van der Waals surface area contributed by atoms with Crippen molar-refractivity contribution in [3.8, 4) is 23.0 Å². The molecule has 0 aliphatic heterocycles. The van der Waals surface area contributed by atoms with Gasteiger partial charge in [0.1, 0.15) is 12.4 Å². The molecule has 0 saturated carbocycles. The van der Waals surface area contributed by atoms with Gasteiger partial charge in [0.2, 0.25) is 5.75 Å². The van der Waals surface area contributed by atoms with Gasteiger partial charge in [0.15, 0.2) is 11.5 Å². The molecule has 0 fully saturated rings. The lowest BCUT2D eigenvalue weighted by molar-refractivity contribution is -0.131. The maximum Gasteiger partial charge on any atom is 0.328 e. The van der Waals surface area contributed by atoms with E-state index < -0.39 is 5.97 Å². The van der Waals surface area contributed by atoms with E-state index in [0.29, 0.717) is 28.6 Å². The van der Waals surface area contributed by atoms with Gasteiger partial charge < -0.3 is 24.1 Å². The van der Waals surface area contributed by atoms with Crippen LogP contribution in [0.1, 0.15) is 6.92 Å².